The van der Waals surface area contributed by atoms with E-state index in [1.807, 2.05) is 0 Å². The van der Waals surface area contributed by atoms with Gasteiger partial charge in [0.25, 0.3) is 0 Å². The van der Waals surface area contributed by atoms with Gasteiger partial charge < -0.3 is 10.1 Å². The lowest BCUT2D eigenvalue weighted by Gasteiger charge is -2.07. The lowest BCUT2D eigenvalue weighted by molar-refractivity contribution is -0.136. The van der Waals surface area contributed by atoms with Crippen molar-refractivity contribution in [2.24, 2.45) is 5.10 Å². The number of nitrogens with zero attached hydrogens (tertiary/aromatic N) is 1. The number of hydrogen-bond donors (Lipinski definition) is 2. The molecule has 3 aromatic rings. The van der Waals surface area contributed by atoms with Crippen molar-refractivity contribution in [2.45, 2.75) is 6.61 Å². The standard InChI is InChI=1S/C22H16BrF2N3O3/c23-16-7-10-20(19(25)11-16)27-21(29)22(30)28-26-12-14-5-8-17(9-6-14)31-13-15-3-1-2-4-18(15)24/h1-12H,13H2,(H,27,29)(H,28,30). The molecule has 3 aromatic carbocycles. The van der Waals surface area contributed by atoms with E-state index in [9.17, 15) is 18.4 Å². The summed E-state index contributed by atoms with van der Waals surface area (Å²) in [6.45, 7) is 0.0875. The molecule has 0 bridgehead atoms. The number of benzene rings is 3. The van der Waals surface area contributed by atoms with E-state index in [2.05, 4.69) is 31.8 Å². The smallest absolute Gasteiger partial charge is 0.329 e. The summed E-state index contributed by atoms with van der Waals surface area (Å²) in [6.07, 6.45) is 1.33. The van der Waals surface area contributed by atoms with Gasteiger partial charge in [0.2, 0.25) is 0 Å². The summed E-state index contributed by atoms with van der Waals surface area (Å²) in [5.41, 5.74) is 3.00. The molecule has 0 aromatic heterocycles. The third-order valence-corrected chi connectivity index (χ3v) is 4.49. The Kier molecular flexibility index (Phi) is 7.45. The number of amides is 2. The quantitative estimate of drug-likeness (QED) is 0.307. The van der Waals surface area contributed by atoms with Crippen molar-refractivity contribution in [1.82, 2.24) is 5.43 Å². The second-order valence-corrected chi connectivity index (χ2v) is 7.14. The van der Waals surface area contributed by atoms with Crippen LogP contribution in [0.5, 0.6) is 5.75 Å². The number of halogens is 3. The Balaban J connectivity index is 1.49. The van der Waals surface area contributed by atoms with Crippen molar-refractivity contribution in [1.29, 1.82) is 0 Å². The summed E-state index contributed by atoms with van der Waals surface area (Å²) >= 11 is 3.10. The molecule has 0 aliphatic carbocycles. The Labute approximate surface area is 185 Å². The van der Waals surface area contributed by atoms with Crippen LogP contribution in [0.3, 0.4) is 0 Å². The first-order valence-corrected chi connectivity index (χ1v) is 9.77. The molecule has 0 heterocycles. The van der Waals surface area contributed by atoms with E-state index in [0.29, 0.717) is 21.3 Å². The second-order valence-electron chi connectivity index (χ2n) is 6.23. The van der Waals surface area contributed by atoms with Gasteiger partial charge in [0, 0.05) is 10.0 Å². The number of ether oxygens (including phenoxy) is 1. The van der Waals surface area contributed by atoms with E-state index in [-0.39, 0.29) is 18.1 Å². The molecule has 0 radical (unpaired) electrons. The van der Waals surface area contributed by atoms with Gasteiger partial charge in [-0.3, -0.25) is 9.59 Å². The third-order valence-electron chi connectivity index (χ3n) is 4.00. The molecule has 31 heavy (non-hydrogen) atoms. The maximum Gasteiger partial charge on any atom is 0.329 e. The molecule has 2 amide bonds. The normalized spacial score (nSPS) is 10.7. The number of carbonyl (C=O) groups excluding carboxylic acids is 2. The van der Waals surface area contributed by atoms with Crippen LogP contribution in [0, 0.1) is 11.6 Å². The van der Waals surface area contributed by atoms with Gasteiger partial charge in [0.05, 0.1) is 11.9 Å². The van der Waals surface area contributed by atoms with E-state index < -0.39 is 17.6 Å². The van der Waals surface area contributed by atoms with E-state index in [4.69, 9.17) is 4.74 Å². The van der Waals surface area contributed by atoms with Crippen LogP contribution in [-0.2, 0) is 16.2 Å². The minimum atomic E-state index is -1.06. The van der Waals surface area contributed by atoms with Crippen LogP contribution in [0.4, 0.5) is 14.5 Å². The Morgan fingerprint density at radius 2 is 1.71 bits per heavy atom. The molecule has 0 fully saturated rings. The molecule has 0 aliphatic heterocycles. The topological polar surface area (TPSA) is 79.8 Å². The number of anilines is 1. The van der Waals surface area contributed by atoms with Gasteiger partial charge in [-0.2, -0.15) is 5.10 Å². The fourth-order valence-electron chi connectivity index (χ4n) is 2.41. The largest absolute Gasteiger partial charge is 0.489 e. The summed E-state index contributed by atoms with van der Waals surface area (Å²) in [7, 11) is 0. The molecular formula is C22H16BrF2N3O3. The highest BCUT2D eigenvalue weighted by molar-refractivity contribution is 9.10. The average molecular weight is 488 g/mol. The Hall–Kier alpha value is -3.59. The van der Waals surface area contributed by atoms with E-state index in [0.717, 1.165) is 6.07 Å². The van der Waals surface area contributed by atoms with Crippen LogP contribution in [0.25, 0.3) is 0 Å². The molecule has 9 heteroatoms. The van der Waals surface area contributed by atoms with Crippen molar-refractivity contribution < 1.29 is 23.1 Å². The number of hydrogen-bond acceptors (Lipinski definition) is 4. The number of hydrazone groups is 1. The van der Waals surface area contributed by atoms with Crippen LogP contribution in [0.1, 0.15) is 11.1 Å². The molecule has 2 N–H and O–H groups in total. The van der Waals surface area contributed by atoms with Gasteiger partial charge in [0.1, 0.15) is 24.0 Å². The predicted molar refractivity (Wildman–Crippen MR) is 116 cm³/mol. The molecule has 0 saturated heterocycles. The highest BCUT2D eigenvalue weighted by atomic mass is 79.9. The number of rotatable bonds is 6. The fraction of sp³-hybridized carbons (Fsp3) is 0.0455. The zero-order valence-electron chi connectivity index (χ0n) is 15.9. The lowest BCUT2D eigenvalue weighted by atomic mass is 10.2. The molecule has 158 valence electrons. The van der Waals surface area contributed by atoms with Crippen molar-refractivity contribution in [2.75, 3.05) is 5.32 Å². The maximum atomic E-state index is 13.7. The van der Waals surface area contributed by atoms with E-state index in [1.165, 1.54) is 24.4 Å². The van der Waals surface area contributed by atoms with Gasteiger partial charge in [0.15, 0.2) is 0 Å². The van der Waals surface area contributed by atoms with E-state index >= 15 is 0 Å². The molecule has 0 spiro atoms. The second kappa shape index (κ2) is 10.4. The monoisotopic (exact) mass is 487 g/mol. The predicted octanol–water partition coefficient (Wildman–Crippen LogP) is 4.40. The van der Waals surface area contributed by atoms with Crippen molar-refractivity contribution in [3.05, 3.63) is 94.0 Å². The van der Waals surface area contributed by atoms with Crippen LogP contribution < -0.4 is 15.5 Å². The van der Waals surface area contributed by atoms with Crippen LogP contribution >= 0.6 is 15.9 Å². The summed E-state index contributed by atoms with van der Waals surface area (Å²) in [5, 5.41) is 5.86. The van der Waals surface area contributed by atoms with Crippen LogP contribution in [0.2, 0.25) is 0 Å². The first-order valence-electron chi connectivity index (χ1n) is 8.98. The fourth-order valence-corrected chi connectivity index (χ4v) is 2.75. The van der Waals surface area contributed by atoms with Gasteiger partial charge in [-0.25, -0.2) is 14.2 Å². The minimum absolute atomic E-state index is 0.0875. The Morgan fingerprint density at radius 1 is 0.968 bits per heavy atom. The lowest BCUT2D eigenvalue weighted by Crippen LogP contribution is -2.32. The van der Waals surface area contributed by atoms with Gasteiger partial charge in [-0.05, 0) is 54.1 Å². The van der Waals surface area contributed by atoms with Crippen molar-refractivity contribution >= 4 is 39.6 Å². The Morgan fingerprint density at radius 3 is 2.42 bits per heavy atom. The number of nitrogens with one attached hydrogen (secondary N) is 2. The van der Waals surface area contributed by atoms with Crippen LogP contribution in [-0.4, -0.2) is 18.0 Å². The molecular weight excluding hydrogens is 472 g/mol. The van der Waals surface area contributed by atoms with Crippen LogP contribution in [0.15, 0.2) is 76.3 Å². The molecule has 3 rings (SSSR count). The van der Waals surface area contributed by atoms with E-state index in [1.54, 1.807) is 42.5 Å². The van der Waals surface area contributed by atoms with Crippen molar-refractivity contribution in [3.8, 4) is 5.75 Å². The number of carbonyl (C=O) groups is 2. The summed E-state index contributed by atoms with van der Waals surface area (Å²) in [6, 6.07) is 17.0. The molecule has 6 nitrogen and oxygen atoms in total. The Bertz CT molecular complexity index is 1120. The highest BCUT2D eigenvalue weighted by Gasteiger charge is 2.15. The maximum absolute atomic E-state index is 13.7. The molecule has 0 atom stereocenters. The first kappa shape index (κ1) is 22.1. The molecule has 0 aliphatic rings. The summed E-state index contributed by atoms with van der Waals surface area (Å²) in [5.74, 6) is -2.61. The minimum Gasteiger partial charge on any atom is -0.489 e. The SMILES string of the molecule is O=C(NN=Cc1ccc(OCc2ccccc2F)cc1)C(=O)Nc1ccc(Br)cc1F. The van der Waals surface area contributed by atoms with Crippen molar-refractivity contribution in [3.63, 3.8) is 0 Å². The molecule has 0 saturated carbocycles. The zero-order chi connectivity index (χ0) is 22.2. The average Bonchev–Trinajstić information content (AvgIpc) is 2.76. The third kappa shape index (κ3) is 6.45. The first-order chi connectivity index (χ1) is 14.9. The summed E-state index contributed by atoms with van der Waals surface area (Å²) in [4.78, 5) is 23.6. The zero-order valence-corrected chi connectivity index (χ0v) is 17.5. The van der Waals surface area contributed by atoms with Gasteiger partial charge >= 0.3 is 11.8 Å². The highest BCUT2D eigenvalue weighted by Crippen LogP contribution is 2.19. The van der Waals surface area contributed by atoms with Gasteiger partial charge in [-0.15, -0.1) is 0 Å². The molecule has 0 unspecified atom stereocenters. The summed E-state index contributed by atoms with van der Waals surface area (Å²) < 4.78 is 33.3. The van der Waals surface area contributed by atoms with Gasteiger partial charge in [-0.1, -0.05) is 34.1 Å².